The first kappa shape index (κ1) is 7.58. The Hall–Kier alpha value is -1.06. The summed E-state index contributed by atoms with van der Waals surface area (Å²) in [6, 6.07) is 7.75. The first-order valence-electron chi connectivity index (χ1n) is 3.68. The Kier molecular flexibility index (Phi) is 1.75. The second kappa shape index (κ2) is 2.77. The maximum absolute atomic E-state index is 8.89. The van der Waals surface area contributed by atoms with Crippen molar-refractivity contribution in [1.82, 2.24) is 0 Å². The number of aliphatic hydroxyl groups excluding tert-OH is 1. The van der Waals surface area contributed by atoms with Crippen LogP contribution in [0.15, 0.2) is 24.3 Å². The molecule has 0 bridgehead atoms. The third-order valence-corrected chi connectivity index (χ3v) is 2.85. The van der Waals surface area contributed by atoms with E-state index in [9.17, 15) is 0 Å². The van der Waals surface area contributed by atoms with E-state index in [1.807, 2.05) is 24.3 Å². The first-order chi connectivity index (χ1) is 5.79. The molecule has 0 aliphatic carbocycles. The lowest BCUT2D eigenvalue weighted by Crippen LogP contribution is -1.80. The summed E-state index contributed by atoms with van der Waals surface area (Å²) in [5.74, 6) is 0. The minimum atomic E-state index is 0.110. The van der Waals surface area contributed by atoms with Crippen molar-refractivity contribution in [1.29, 1.82) is 0 Å². The summed E-state index contributed by atoms with van der Waals surface area (Å²) >= 11 is 1.60. The zero-order valence-corrected chi connectivity index (χ0v) is 7.27. The largest absolute Gasteiger partial charge is 0.399 e. The minimum Gasteiger partial charge on any atom is -0.399 e. The minimum absolute atomic E-state index is 0.110. The molecular weight excluding hydrogens is 170 g/mol. The molecule has 1 aromatic heterocycles. The van der Waals surface area contributed by atoms with Crippen molar-refractivity contribution in [2.24, 2.45) is 0 Å². The van der Waals surface area contributed by atoms with Crippen molar-refractivity contribution in [3.8, 4) is 0 Å². The maximum atomic E-state index is 8.89. The van der Waals surface area contributed by atoms with E-state index >= 15 is 0 Å². The highest BCUT2D eigenvalue weighted by Gasteiger charge is 1.99. The van der Waals surface area contributed by atoms with Gasteiger partial charge in [-0.2, -0.15) is 0 Å². The number of rotatable bonds is 1. The van der Waals surface area contributed by atoms with Gasteiger partial charge in [-0.05, 0) is 29.7 Å². The maximum Gasteiger partial charge on any atom is 0.0774 e. The predicted molar refractivity (Wildman–Crippen MR) is 52.2 cm³/mol. The van der Waals surface area contributed by atoms with Crippen LogP contribution in [0.3, 0.4) is 0 Å². The number of thiophene rings is 1. The Balaban J connectivity index is 2.67. The van der Waals surface area contributed by atoms with Crippen LogP contribution in [0.4, 0.5) is 5.69 Å². The van der Waals surface area contributed by atoms with Crippen molar-refractivity contribution in [3.63, 3.8) is 0 Å². The van der Waals surface area contributed by atoms with Crippen LogP contribution in [0.2, 0.25) is 0 Å². The molecule has 3 N–H and O–H groups in total. The molecule has 2 rings (SSSR count). The predicted octanol–water partition coefficient (Wildman–Crippen LogP) is 1.98. The number of fused-ring (bicyclic) bond motifs is 1. The second-order valence-electron chi connectivity index (χ2n) is 2.67. The molecule has 1 aromatic carbocycles. The van der Waals surface area contributed by atoms with E-state index in [1.54, 1.807) is 11.3 Å². The van der Waals surface area contributed by atoms with E-state index in [1.165, 1.54) is 4.70 Å². The van der Waals surface area contributed by atoms with Gasteiger partial charge in [-0.3, -0.25) is 0 Å². The van der Waals surface area contributed by atoms with Gasteiger partial charge in [-0.1, -0.05) is 0 Å². The van der Waals surface area contributed by atoms with Crippen LogP contribution >= 0.6 is 11.3 Å². The lowest BCUT2D eigenvalue weighted by molar-refractivity contribution is 0.285. The van der Waals surface area contributed by atoms with Crippen LogP contribution in [0.1, 0.15) is 4.88 Å². The number of nitrogen functional groups attached to an aromatic ring is 1. The van der Waals surface area contributed by atoms with Crippen LogP contribution in [0, 0.1) is 0 Å². The highest BCUT2D eigenvalue weighted by molar-refractivity contribution is 7.19. The van der Waals surface area contributed by atoms with Gasteiger partial charge in [0, 0.05) is 15.3 Å². The van der Waals surface area contributed by atoms with Gasteiger partial charge < -0.3 is 10.8 Å². The standard InChI is InChI=1S/C9H9NOS/c10-7-1-2-9-6(3-7)4-8(5-11)12-9/h1-4,11H,5,10H2. The molecule has 0 atom stereocenters. The highest BCUT2D eigenvalue weighted by atomic mass is 32.1. The smallest absolute Gasteiger partial charge is 0.0774 e. The molecule has 0 aliphatic heterocycles. The lowest BCUT2D eigenvalue weighted by atomic mass is 10.2. The van der Waals surface area contributed by atoms with Crippen molar-refractivity contribution in [2.45, 2.75) is 6.61 Å². The molecule has 2 nitrogen and oxygen atoms in total. The highest BCUT2D eigenvalue weighted by Crippen LogP contribution is 2.26. The molecule has 0 radical (unpaired) electrons. The number of aliphatic hydroxyl groups is 1. The Morgan fingerprint density at radius 1 is 1.33 bits per heavy atom. The Labute approximate surface area is 74.3 Å². The van der Waals surface area contributed by atoms with E-state index in [0.29, 0.717) is 0 Å². The fourth-order valence-corrected chi connectivity index (χ4v) is 2.10. The lowest BCUT2D eigenvalue weighted by Gasteiger charge is -1.90. The van der Waals surface area contributed by atoms with E-state index in [2.05, 4.69) is 0 Å². The van der Waals surface area contributed by atoms with Gasteiger partial charge in [-0.25, -0.2) is 0 Å². The topological polar surface area (TPSA) is 46.2 Å². The SMILES string of the molecule is Nc1ccc2sc(CO)cc2c1. The van der Waals surface area contributed by atoms with Crippen molar-refractivity contribution in [2.75, 3.05) is 5.73 Å². The van der Waals surface area contributed by atoms with Crippen LogP contribution in [-0.4, -0.2) is 5.11 Å². The average molecular weight is 179 g/mol. The second-order valence-corrected chi connectivity index (χ2v) is 3.84. The van der Waals surface area contributed by atoms with Gasteiger partial charge in [0.05, 0.1) is 6.61 Å². The zero-order chi connectivity index (χ0) is 8.55. The molecule has 0 spiro atoms. The van der Waals surface area contributed by atoms with Crippen molar-refractivity contribution >= 4 is 27.1 Å². The molecule has 1 heterocycles. The molecule has 62 valence electrons. The van der Waals surface area contributed by atoms with Crippen molar-refractivity contribution in [3.05, 3.63) is 29.1 Å². The number of hydrogen-bond donors (Lipinski definition) is 2. The summed E-state index contributed by atoms with van der Waals surface area (Å²) in [6.07, 6.45) is 0. The number of nitrogens with two attached hydrogens (primary N) is 1. The average Bonchev–Trinajstić information content (AvgIpc) is 2.46. The van der Waals surface area contributed by atoms with Crippen LogP contribution in [-0.2, 0) is 6.61 Å². The van der Waals surface area contributed by atoms with Gasteiger partial charge in [-0.15, -0.1) is 11.3 Å². The summed E-state index contributed by atoms with van der Waals surface area (Å²) in [7, 11) is 0. The monoisotopic (exact) mass is 179 g/mol. The molecular formula is C9H9NOS. The third-order valence-electron chi connectivity index (χ3n) is 1.75. The van der Waals surface area contributed by atoms with E-state index in [0.717, 1.165) is 16.0 Å². The Morgan fingerprint density at radius 3 is 2.92 bits per heavy atom. The third kappa shape index (κ3) is 1.17. The van der Waals surface area contributed by atoms with E-state index in [4.69, 9.17) is 10.8 Å². The molecule has 0 saturated heterocycles. The molecule has 3 heteroatoms. The molecule has 0 aliphatic rings. The van der Waals surface area contributed by atoms with Gasteiger partial charge in [0.1, 0.15) is 0 Å². The fraction of sp³-hybridized carbons (Fsp3) is 0.111. The quantitative estimate of drug-likeness (QED) is 0.657. The molecule has 12 heavy (non-hydrogen) atoms. The summed E-state index contributed by atoms with van der Waals surface area (Å²) in [5, 5.41) is 10.0. The van der Waals surface area contributed by atoms with Crippen molar-refractivity contribution < 1.29 is 5.11 Å². The summed E-state index contributed by atoms with van der Waals surface area (Å²) in [4.78, 5) is 0.982. The zero-order valence-electron chi connectivity index (χ0n) is 6.45. The van der Waals surface area contributed by atoms with Crippen LogP contribution in [0.25, 0.3) is 10.1 Å². The van der Waals surface area contributed by atoms with Gasteiger partial charge in [0.15, 0.2) is 0 Å². The van der Waals surface area contributed by atoms with E-state index in [-0.39, 0.29) is 6.61 Å². The van der Waals surface area contributed by atoms with Crippen LogP contribution in [0.5, 0.6) is 0 Å². The number of anilines is 1. The molecule has 0 fully saturated rings. The number of benzene rings is 1. The Morgan fingerprint density at radius 2 is 2.17 bits per heavy atom. The van der Waals surface area contributed by atoms with Gasteiger partial charge in [0.25, 0.3) is 0 Å². The van der Waals surface area contributed by atoms with Gasteiger partial charge in [0.2, 0.25) is 0 Å². The first-order valence-corrected chi connectivity index (χ1v) is 4.50. The molecule has 0 unspecified atom stereocenters. The van der Waals surface area contributed by atoms with Gasteiger partial charge >= 0.3 is 0 Å². The summed E-state index contributed by atoms with van der Waals surface area (Å²) < 4.78 is 1.17. The number of hydrogen-bond acceptors (Lipinski definition) is 3. The summed E-state index contributed by atoms with van der Waals surface area (Å²) in [6.45, 7) is 0.110. The molecule has 0 amide bonds. The fourth-order valence-electron chi connectivity index (χ4n) is 1.19. The Bertz CT molecular complexity index is 408. The summed E-state index contributed by atoms with van der Waals surface area (Å²) in [5.41, 5.74) is 6.39. The van der Waals surface area contributed by atoms with Crippen LogP contribution < -0.4 is 5.73 Å². The van der Waals surface area contributed by atoms with E-state index < -0.39 is 0 Å². The normalized spacial score (nSPS) is 10.8. The molecule has 2 aromatic rings. The molecule has 0 saturated carbocycles.